The van der Waals surface area contributed by atoms with Gasteiger partial charge in [0.25, 0.3) is 0 Å². The highest BCUT2D eigenvalue weighted by Crippen LogP contribution is 2.20. The highest BCUT2D eigenvalue weighted by Gasteiger charge is 2.19. The molecule has 1 aliphatic rings. The zero-order chi connectivity index (χ0) is 17.0. The molecule has 0 spiro atoms. The minimum Gasteiger partial charge on any atom is -0.303 e. The quantitative estimate of drug-likeness (QED) is 0.484. The Bertz CT molecular complexity index is 418. The van der Waals surface area contributed by atoms with Gasteiger partial charge in [0.05, 0.1) is 6.20 Å². The van der Waals surface area contributed by atoms with Gasteiger partial charge in [0, 0.05) is 12.7 Å². The average molecular weight is 334 g/mol. The van der Waals surface area contributed by atoms with Crippen LogP contribution in [-0.2, 0) is 13.0 Å². The second-order valence-corrected chi connectivity index (χ2v) is 7.68. The fourth-order valence-electron chi connectivity index (χ4n) is 3.82. The molecule has 0 atom stereocenters. The van der Waals surface area contributed by atoms with Crippen molar-refractivity contribution in [1.29, 1.82) is 0 Å². The highest BCUT2D eigenvalue weighted by molar-refractivity contribution is 5.02. The zero-order valence-electron chi connectivity index (χ0n) is 16.2. The summed E-state index contributed by atoms with van der Waals surface area (Å²) in [6, 6.07) is 0. The van der Waals surface area contributed by atoms with Crippen molar-refractivity contribution in [3.05, 3.63) is 18.0 Å². The molecule has 1 saturated heterocycles. The maximum atomic E-state index is 4.50. The van der Waals surface area contributed by atoms with Crippen molar-refractivity contribution in [2.75, 3.05) is 19.6 Å². The van der Waals surface area contributed by atoms with Gasteiger partial charge in [0.2, 0.25) is 0 Å². The summed E-state index contributed by atoms with van der Waals surface area (Å²) in [7, 11) is 0. The second kappa shape index (κ2) is 11.7. The molecule has 0 bridgehead atoms. The number of rotatable bonds is 12. The van der Waals surface area contributed by atoms with Gasteiger partial charge in [0.1, 0.15) is 0 Å². The molecule has 0 radical (unpaired) electrons. The monoisotopic (exact) mass is 333 g/mol. The Morgan fingerprint density at radius 2 is 1.62 bits per heavy atom. The van der Waals surface area contributed by atoms with Gasteiger partial charge >= 0.3 is 0 Å². The van der Waals surface area contributed by atoms with Crippen molar-refractivity contribution < 1.29 is 0 Å². The predicted molar refractivity (Wildman–Crippen MR) is 103 cm³/mol. The van der Waals surface area contributed by atoms with Crippen molar-refractivity contribution >= 4 is 0 Å². The van der Waals surface area contributed by atoms with Crippen LogP contribution in [0.1, 0.15) is 83.6 Å². The Morgan fingerprint density at radius 1 is 0.958 bits per heavy atom. The topological polar surface area (TPSA) is 21.1 Å². The maximum Gasteiger partial charge on any atom is 0.0521 e. The molecule has 0 aromatic carbocycles. The third-order valence-electron chi connectivity index (χ3n) is 5.58. The number of piperidine rings is 1. The molecule has 0 aliphatic carbocycles. The van der Waals surface area contributed by atoms with Crippen molar-refractivity contribution in [2.45, 2.75) is 91.0 Å². The smallest absolute Gasteiger partial charge is 0.0521 e. The van der Waals surface area contributed by atoms with Crippen LogP contribution in [0.5, 0.6) is 0 Å². The first-order valence-electron chi connectivity index (χ1n) is 10.6. The first-order valence-corrected chi connectivity index (χ1v) is 10.6. The lowest BCUT2D eigenvalue weighted by molar-refractivity contribution is 0.168. The summed E-state index contributed by atoms with van der Waals surface area (Å²) in [5, 5.41) is 4.50. The largest absolute Gasteiger partial charge is 0.303 e. The summed E-state index contributed by atoms with van der Waals surface area (Å²) in [5.41, 5.74) is 1.36. The molecule has 0 saturated carbocycles. The van der Waals surface area contributed by atoms with E-state index in [2.05, 4.69) is 34.7 Å². The van der Waals surface area contributed by atoms with E-state index < -0.39 is 0 Å². The van der Waals surface area contributed by atoms with Crippen LogP contribution < -0.4 is 0 Å². The van der Waals surface area contributed by atoms with Crippen molar-refractivity contribution in [3.63, 3.8) is 0 Å². The molecule has 24 heavy (non-hydrogen) atoms. The van der Waals surface area contributed by atoms with Gasteiger partial charge in [0.15, 0.2) is 0 Å². The second-order valence-electron chi connectivity index (χ2n) is 7.68. The first-order chi connectivity index (χ1) is 11.8. The third kappa shape index (κ3) is 7.38. The van der Waals surface area contributed by atoms with Crippen molar-refractivity contribution in [1.82, 2.24) is 14.7 Å². The summed E-state index contributed by atoms with van der Waals surface area (Å²) < 4.78 is 2.16. The molecule has 1 fully saturated rings. The predicted octanol–water partition coefficient (Wildman–Crippen LogP) is 5.30. The lowest BCUT2D eigenvalue weighted by Gasteiger charge is -2.31. The summed E-state index contributed by atoms with van der Waals surface area (Å²) in [5.74, 6) is 0.824. The fraction of sp³-hybridized carbons (Fsp3) is 0.857. The van der Waals surface area contributed by atoms with Gasteiger partial charge in [-0.1, -0.05) is 58.8 Å². The average Bonchev–Trinajstić information content (AvgIpc) is 3.06. The van der Waals surface area contributed by atoms with Gasteiger partial charge in [-0.05, 0) is 56.8 Å². The van der Waals surface area contributed by atoms with Gasteiger partial charge in [-0.2, -0.15) is 5.10 Å². The molecule has 138 valence electrons. The van der Waals surface area contributed by atoms with E-state index in [1.807, 2.05) is 6.20 Å². The van der Waals surface area contributed by atoms with E-state index in [9.17, 15) is 0 Å². The van der Waals surface area contributed by atoms with Crippen molar-refractivity contribution in [3.8, 4) is 0 Å². The normalized spacial score (nSPS) is 16.8. The lowest BCUT2D eigenvalue weighted by Crippen LogP contribution is -2.35. The molecule has 3 nitrogen and oxygen atoms in total. The van der Waals surface area contributed by atoms with Crippen LogP contribution in [0, 0.1) is 5.92 Å². The fourth-order valence-corrected chi connectivity index (χ4v) is 3.82. The summed E-state index contributed by atoms with van der Waals surface area (Å²) in [4.78, 5) is 2.69. The van der Waals surface area contributed by atoms with Gasteiger partial charge in [-0.3, -0.25) is 4.68 Å². The number of hydrogen-bond donors (Lipinski definition) is 0. The van der Waals surface area contributed by atoms with Crippen LogP contribution in [0.15, 0.2) is 12.4 Å². The minimum atomic E-state index is 0.824. The number of aromatic nitrogens is 2. The standard InChI is InChI=1S/C21H39N3/c1-3-5-6-7-8-9-10-11-14-23-15-12-21(13-16-23)19-24-18-20(4-2)17-22-24/h17-18,21H,3-16,19H2,1-2H3. The Kier molecular flexibility index (Phi) is 9.48. The Hall–Kier alpha value is -0.830. The molecular weight excluding hydrogens is 294 g/mol. The number of likely N-dealkylation sites (tertiary alicyclic amines) is 1. The van der Waals surface area contributed by atoms with E-state index in [4.69, 9.17) is 0 Å². The van der Waals surface area contributed by atoms with Crippen LogP contribution >= 0.6 is 0 Å². The Labute approximate surface area is 149 Å². The van der Waals surface area contributed by atoms with Crippen LogP contribution in [0.2, 0.25) is 0 Å². The maximum absolute atomic E-state index is 4.50. The van der Waals surface area contributed by atoms with E-state index in [0.29, 0.717) is 0 Å². The van der Waals surface area contributed by atoms with Gasteiger partial charge in [-0.15, -0.1) is 0 Å². The van der Waals surface area contributed by atoms with E-state index >= 15 is 0 Å². The van der Waals surface area contributed by atoms with Crippen molar-refractivity contribution in [2.24, 2.45) is 5.92 Å². The number of unbranched alkanes of at least 4 members (excludes halogenated alkanes) is 7. The van der Waals surface area contributed by atoms with Crippen LogP contribution in [0.4, 0.5) is 0 Å². The summed E-state index contributed by atoms with van der Waals surface area (Å²) >= 11 is 0. The first kappa shape index (κ1) is 19.5. The van der Waals surface area contributed by atoms with Gasteiger partial charge in [-0.25, -0.2) is 0 Å². The molecule has 1 aromatic rings. The Morgan fingerprint density at radius 3 is 2.25 bits per heavy atom. The van der Waals surface area contributed by atoms with Crippen LogP contribution in [-0.4, -0.2) is 34.3 Å². The lowest BCUT2D eigenvalue weighted by atomic mass is 9.96. The van der Waals surface area contributed by atoms with E-state index in [1.165, 1.54) is 89.4 Å². The highest BCUT2D eigenvalue weighted by atomic mass is 15.3. The third-order valence-corrected chi connectivity index (χ3v) is 5.58. The number of aryl methyl sites for hydroxylation is 1. The summed E-state index contributed by atoms with van der Waals surface area (Å²) in [6.45, 7) is 9.52. The zero-order valence-corrected chi connectivity index (χ0v) is 16.2. The SMILES string of the molecule is CCCCCCCCCCN1CCC(Cn2cc(CC)cn2)CC1. The van der Waals surface area contributed by atoms with E-state index in [0.717, 1.165) is 18.9 Å². The molecule has 2 heterocycles. The molecular formula is C21H39N3. The van der Waals surface area contributed by atoms with E-state index in [-0.39, 0.29) is 0 Å². The number of nitrogens with zero attached hydrogens (tertiary/aromatic N) is 3. The summed E-state index contributed by atoms with van der Waals surface area (Å²) in [6.07, 6.45) is 19.4. The molecule has 2 rings (SSSR count). The molecule has 0 unspecified atom stereocenters. The molecule has 0 N–H and O–H groups in total. The molecule has 3 heteroatoms. The molecule has 1 aromatic heterocycles. The van der Waals surface area contributed by atoms with E-state index in [1.54, 1.807) is 0 Å². The van der Waals surface area contributed by atoms with Gasteiger partial charge < -0.3 is 4.90 Å². The minimum absolute atomic E-state index is 0.824. The molecule has 0 amide bonds. The van der Waals surface area contributed by atoms with Crippen LogP contribution in [0.25, 0.3) is 0 Å². The van der Waals surface area contributed by atoms with Crippen LogP contribution in [0.3, 0.4) is 0 Å². The number of hydrogen-bond acceptors (Lipinski definition) is 2. The molecule has 1 aliphatic heterocycles. The Balaban J connectivity index is 1.48.